The molecule has 0 unspecified atom stereocenters. The van der Waals surface area contributed by atoms with E-state index >= 15 is 0 Å². The van der Waals surface area contributed by atoms with Gasteiger partial charge in [0.1, 0.15) is 12.0 Å². The minimum atomic E-state index is 0.622. The Morgan fingerprint density at radius 3 is 2.44 bits per heavy atom. The van der Waals surface area contributed by atoms with Gasteiger partial charge in [-0.25, -0.2) is 0 Å². The predicted octanol–water partition coefficient (Wildman–Crippen LogP) is 3.17. The largest absolute Gasteiger partial charge is 0.496 e. The van der Waals surface area contributed by atoms with Gasteiger partial charge >= 0.3 is 0 Å². The number of ether oxygens (including phenoxy) is 1. The molecule has 0 spiro atoms. The summed E-state index contributed by atoms with van der Waals surface area (Å²) in [5.74, 6) is 0.718. The van der Waals surface area contributed by atoms with Gasteiger partial charge in [-0.05, 0) is 17.7 Å². The van der Waals surface area contributed by atoms with E-state index in [1.807, 2.05) is 36.4 Å². The van der Waals surface area contributed by atoms with Crippen LogP contribution in [0.4, 0.5) is 0 Å². The smallest absolute Gasteiger partial charge is 0.150 e. The zero-order valence-electron chi connectivity index (χ0n) is 9.01. The monoisotopic (exact) mass is 212 g/mol. The SMILES string of the molecule is COc1cc(C=O)ccc1-c1ccccc1. The fraction of sp³-hybridized carbons (Fsp3) is 0.0714. The molecule has 0 saturated carbocycles. The van der Waals surface area contributed by atoms with E-state index in [0.29, 0.717) is 5.56 Å². The predicted molar refractivity (Wildman–Crippen MR) is 63.8 cm³/mol. The Hall–Kier alpha value is -2.09. The normalized spacial score (nSPS) is 9.81. The highest BCUT2D eigenvalue weighted by molar-refractivity contribution is 5.80. The zero-order valence-corrected chi connectivity index (χ0v) is 9.01. The fourth-order valence-corrected chi connectivity index (χ4v) is 1.64. The molecule has 2 heteroatoms. The lowest BCUT2D eigenvalue weighted by molar-refractivity contribution is 0.112. The Labute approximate surface area is 94.5 Å². The number of hydrogen-bond acceptors (Lipinski definition) is 2. The minimum absolute atomic E-state index is 0.622. The summed E-state index contributed by atoms with van der Waals surface area (Å²) in [6.07, 6.45) is 0.817. The van der Waals surface area contributed by atoms with Gasteiger partial charge < -0.3 is 4.74 Å². The van der Waals surface area contributed by atoms with Crippen LogP contribution in [0.25, 0.3) is 11.1 Å². The second kappa shape index (κ2) is 4.62. The van der Waals surface area contributed by atoms with E-state index < -0.39 is 0 Å². The van der Waals surface area contributed by atoms with E-state index in [9.17, 15) is 4.79 Å². The summed E-state index contributed by atoms with van der Waals surface area (Å²) >= 11 is 0. The number of methoxy groups -OCH3 is 1. The molecule has 0 N–H and O–H groups in total. The molecule has 2 nitrogen and oxygen atoms in total. The third-order valence-corrected chi connectivity index (χ3v) is 2.45. The molecule has 0 fully saturated rings. The van der Waals surface area contributed by atoms with E-state index in [1.54, 1.807) is 19.2 Å². The molecule has 0 aromatic heterocycles. The topological polar surface area (TPSA) is 26.3 Å². The Morgan fingerprint density at radius 2 is 1.81 bits per heavy atom. The molecule has 0 radical (unpaired) electrons. The van der Waals surface area contributed by atoms with Crippen LogP contribution in [0.3, 0.4) is 0 Å². The molecule has 0 atom stereocenters. The minimum Gasteiger partial charge on any atom is -0.496 e. The average molecular weight is 212 g/mol. The van der Waals surface area contributed by atoms with Crippen LogP contribution in [0.5, 0.6) is 5.75 Å². The van der Waals surface area contributed by atoms with Crippen LogP contribution in [-0.4, -0.2) is 13.4 Å². The molecule has 0 heterocycles. The molecule has 0 aliphatic heterocycles. The van der Waals surface area contributed by atoms with E-state index in [2.05, 4.69) is 0 Å². The molecule has 0 saturated heterocycles. The first-order valence-corrected chi connectivity index (χ1v) is 5.04. The van der Waals surface area contributed by atoms with E-state index in [0.717, 1.165) is 23.2 Å². The van der Waals surface area contributed by atoms with Gasteiger partial charge in [-0.1, -0.05) is 36.4 Å². The summed E-state index contributed by atoms with van der Waals surface area (Å²) in [4.78, 5) is 10.7. The van der Waals surface area contributed by atoms with Crippen molar-refractivity contribution in [3.05, 3.63) is 54.1 Å². The summed E-state index contributed by atoms with van der Waals surface area (Å²) in [6.45, 7) is 0. The van der Waals surface area contributed by atoms with Crippen molar-refractivity contribution in [1.82, 2.24) is 0 Å². The summed E-state index contributed by atoms with van der Waals surface area (Å²) < 4.78 is 5.28. The fourth-order valence-electron chi connectivity index (χ4n) is 1.64. The van der Waals surface area contributed by atoms with Crippen LogP contribution in [0.15, 0.2) is 48.5 Å². The number of rotatable bonds is 3. The molecule has 0 aliphatic carbocycles. The average Bonchev–Trinajstić information content (AvgIpc) is 2.39. The second-order valence-corrected chi connectivity index (χ2v) is 3.44. The van der Waals surface area contributed by atoms with Gasteiger partial charge in [-0.2, -0.15) is 0 Å². The number of aldehydes is 1. The highest BCUT2D eigenvalue weighted by Gasteiger charge is 2.05. The summed E-state index contributed by atoms with van der Waals surface area (Å²) in [5, 5.41) is 0. The number of hydrogen-bond donors (Lipinski definition) is 0. The Bertz CT molecular complexity index is 489. The van der Waals surface area contributed by atoms with Crippen LogP contribution < -0.4 is 4.74 Å². The van der Waals surface area contributed by atoms with Crippen LogP contribution >= 0.6 is 0 Å². The molecular formula is C14H12O2. The zero-order chi connectivity index (χ0) is 11.4. The van der Waals surface area contributed by atoms with Gasteiger partial charge in [0.15, 0.2) is 0 Å². The van der Waals surface area contributed by atoms with Crippen molar-refractivity contribution < 1.29 is 9.53 Å². The Morgan fingerprint density at radius 1 is 1.06 bits per heavy atom. The first-order chi connectivity index (χ1) is 7.85. The van der Waals surface area contributed by atoms with Crippen LogP contribution in [0.1, 0.15) is 10.4 Å². The molecule has 2 aromatic carbocycles. The number of benzene rings is 2. The van der Waals surface area contributed by atoms with Crippen molar-refractivity contribution in [2.75, 3.05) is 7.11 Å². The molecule has 0 aliphatic rings. The maximum absolute atomic E-state index is 10.7. The number of carbonyl (C=O) groups is 1. The summed E-state index contributed by atoms with van der Waals surface area (Å²) in [5.41, 5.74) is 2.70. The van der Waals surface area contributed by atoms with Crippen molar-refractivity contribution >= 4 is 6.29 Å². The Balaban J connectivity index is 2.53. The Kier molecular flexibility index (Phi) is 3.01. The molecular weight excluding hydrogens is 200 g/mol. The van der Waals surface area contributed by atoms with Crippen molar-refractivity contribution in [3.8, 4) is 16.9 Å². The second-order valence-electron chi connectivity index (χ2n) is 3.44. The molecule has 2 rings (SSSR count). The van der Waals surface area contributed by atoms with E-state index in [1.165, 1.54) is 0 Å². The lowest BCUT2D eigenvalue weighted by Gasteiger charge is -2.08. The first-order valence-electron chi connectivity index (χ1n) is 5.04. The van der Waals surface area contributed by atoms with Crippen LogP contribution in [-0.2, 0) is 0 Å². The summed E-state index contributed by atoms with van der Waals surface area (Å²) in [7, 11) is 1.61. The van der Waals surface area contributed by atoms with Gasteiger partial charge in [-0.3, -0.25) is 4.79 Å². The van der Waals surface area contributed by atoms with E-state index in [-0.39, 0.29) is 0 Å². The third kappa shape index (κ3) is 1.96. The molecule has 0 bridgehead atoms. The maximum atomic E-state index is 10.7. The molecule has 0 amide bonds. The van der Waals surface area contributed by atoms with Gasteiger partial charge in [0, 0.05) is 11.1 Å². The first kappa shape index (κ1) is 10.4. The standard InChI is InChI=1S/C14H12O2/c1-16-14-9-11(10-15)7-8-13(14)12-5-3-2-4-6-12/h2-10H,1H3. The lowest BCUT2D eigenvalue weighted by atomic mass is 10.0. The van der Waals surface area contributed by atoms with Crippen LogP contribution in [0.2, 0.25) is 0 Å². The maximum Gasteiger partial charge on any atom is 0.150 e. The van der Waals surface area contributed by atoms with Gasteiger partial charge in [0.2, 0.25) is 0 Å². The quantitative estimate of drug-likeness (QED) is 0.730. The highest BCUT2D eigenvalue weighted by atomic mass is 16.5. The molecule has 16 heavy (non-hydrogen) atoms. The molecule has 80 valence electrons. The third-order valence-electron chi connectivity index (χ3n) is 2.45. The van der Waals surface area contributed by atoms with E-state index in [4.69, 9.17) is 4.74 Å². The van der Waals surface area contributed by atoms with Crippen molar-refractivity contribution in [2.24, 2.45) is 0 Å². The van der Waals surface area contributed by atoms with Crippen molar-refractivity contribution in [2.45, 2.75) is 0 Å². The van der Waals surface area contributed by atoms with Gasteiger partial charge in [0.05, 0.1) is 7.11 Å². The van der Waals surface area contributed by atoms with Crippen LogP contribution in [0, 0.1) is 0 Å². The van der Waals surface area contributed by atoms with Crippen molar-refractivity contribution in [1.29, 1.82) is 0 Å². The highest BCUT2D eigenvalue weighted by Crippen LogP contribution is 2.30. The lowest BCUT2D eigenvalue weighted by Crippen LogP contribution is -1.90. The van der Waals surface area contributed by atoms with Crippen molar-refractivity contribution in [3.63, 3.8) is 0 Å². The van der Waals surface area contributed by atoms with Gasteiger partial charge in [-0.15, -0.1) is 0 Å². The number of carbonyl (C=O) groups excluding carboxylic acids is 1. The summed E-state index contributed by atoms with van der Waals surface area (Å²) in [6, 6.07) is 15.4. The molecule has 2 aromatic rings. The van der Waals surface area contributed by atoms with Gasteiger partial charge in [0.25, 0.3) is 0 Å².